The van der Waals surface area contributed by atoms with Gasteiger partial charge in [0.1, 0.15) is 4.83 Å². The van der Waals surface area contributed by atoms with Crippen LogP contribution in [0.25, 0.3) is 0 Å². The summed E-state index contributed by atoms with van der Waals surface area (Å²) >= 11 is 6.42. The summed E-state index contributed by atoms with van der Waals surface area (Å²) in [7, 11) is 0. The number of aliphatic carboxylic acids is 1. The standard InChI is InChI=1S/C9H8Br2O2/c10-7(8(11)9(12)13)6-4-2-1-3-5-6/h1-5,7-8H,(H,12,13)/t7-,8-/m0/s1. The third-order valence-electron chi connectivity index (χ3n) is 1.61. The van der Waals surface area contributed by atoms with E-state index in [2.05, 4.69) is 31.9 Å². The van der Waals surface area contributed by atoms with E-state index < -0.39 is 10.8 Å². The maximum atomic E-state index is 10.6. The monoisotopic (exact) mass is 306 g/mol. The predicted molar refractivity (Wildman–Crippen MR) is 58.5 cm³/mol. The fraction of sp³-hybridized carbons (Fsp3) is 0.222. The van der Waals surface area contributed by atoms with E-state index in [0.717, 1.165) is 5.56 Å². The number of carboxylic acid groups (broad SMARTS) is 1. The lowest BCUT2D eigenvalue weighted by atomic mass is 10.1. The maximum Gasteiger partial charge on any atom is 0.318 e. The fourth-order valence-corrected chi connectivity index (χ4v) is 1.77. The van der Waals surface area contributed by atoms with Gasteiger partial charge < -0.3 is 5.11 Å². The van der Waals surface area contributed by atoms with Crippen LogP contribution < -0.4 is 0 Å². The topological polar surface area (TPSA) is 37.3 Å². The normalized spacial score (nSPS) is 14.9. The van der Waals surface area contributed by atoms with E-state index in [1.165, 1.54) is 0 Å². The van der Waals surface area contributed by atoms with Gasteiger partial charge in [0.25, 0.3) is 0 Å². The summed E-state index contributed by atoms with van der Waals surface area (Å²) in [5, 5.41) is 8.74. The number of halogens is 2. The first kappa shape index (κ1) is 10.7. The zero-order valence-electron chi connectivity index (χ0n) is 6.65. The van der Waals surface area contributed by atoms with Crippen LogP contribution in [-0.2, 0) is 4.79 Å². The molecule has 13 heavy (non-hydrogen) atoms. The molecule has 0 bridgehead atoms. The second-order valence-electron chi connectivity index (χ2n) is 2.55. The molecule has 0 spiro atoms. The molecule has 1 aromatic carbocycles. The molecular formula is C9H8Br2O2. The van der Waals surface area contributed by atoms with Crippen molar-refractivity contribution in [2.75, 3.05) is 0 Å². The van der Waals surface area contributed by atoms with E-state index in [1.807, 2.05) is 30.3 Å². The minimum absolute atomic E-state index is 0.203. The maximum absolute atomic E-state index is 10.6. The number of alkyl halides is 2. The largest absolute Gasteiger partial charge is 0.480 e. The zero-order chi connectivity index (χ0) is 9.84. The van der Waals surface area contributed by atoms with Crippen LogP contribution in [0.2, 0.25) is 0 Å². The highest BCUT2D eigenvalue weighted by molar-refractivity contribution is 9.12. The lowest BCUT2D eigenvalue weighted by Gasteiger charge is -2.12. The van der Waals surface area contributed by atoms with Crippen LogP contribution in [0.15, 0.2) is 30.3 Å². The molecule has 0 amide bonds. The van der Waals surface area contributed by atoms with Crippen molar-refractivity contribution in [2.24, 2.45) is 0 Å². The van der Waals surface area contributed by atoms with Gasteiger partial charge in [-0.3, -0.25) is 4.79 Å². The van der Waals surface area contributed by atoms with Gasteiger partial charge in [-0.1, -0.05) is 62.2 Å². The van der Waals surface area contributed by atoms with E-state index in [0.29, 0.717) is 0 Å². The average Bonchev–Trinajstić information content (AvgIpc) is 2.17. The predicted octanol–water partition coefficient (Wildman–Crippen LogP) is 2.97. The lowest BCUT2D eigenvalue weighted by molar-refractivity contribution is -0.136. The number of rotatable bonds is 3. The van der Waals surface area contributed by atoms with Crippen LogP contribution in [0.1, 0.15) is 10.4 Å². The molecule has 0 aliphatic carbocycles. The van der Waals surface area contributed by atoms with E-state index in [1.54, 1.807) is 0 Å². The van der Waals surface area contributed by atoms with Crippen molar-refractivity contribution in [1.29, 1.82) is 0 Å². The Kier molecular flexibility index (Phi) is 3.93. The molecule has 2 atom stereocenters. The van der Waals surface area contributed by atoms with Gasteiger partial charge in [0.05, 0.1) is 4.83 Å². The van der Waals surface area contributed by atoms with Crippen molar-refractivity contribution >= 4 is 37.8 Å². The molecule has 0 radical (unpaired) electrons. The van der Waals surface area contributed by atoms with E-state index >= 15 is 0 Å². The van der Waals surface area contributed by atoms with Crippen molar-refractivity contribution in [3.05, 3.63) is 35.9 Å². The highest BCUT2D eigenvalue weighted by atomic mass is 79.9. The molecule has 0 saturated heterocycles. The van der Waals surface area contributed by atoms with Gasteiger partial charge in [-0.05, 0) is 5.56 Å². The molecule has 0 unspecified atom stereocenters. The second kappa shape index (κ2) is 4.77. The van der Waals surface area contributed by atoms with Crippen molar-refractivity contribution in [1.82, 2.24) is 0 Å². The molecule has 1 rings (SSSR count). The van der Waals surface area contributed by atoms with Gasteiger partial charge in [0, 0.05) is 0 Å². The summed E-state index contributed by atoms with van der Waals surface area (Å²) in [5.41, 5.74) is 0.951. The Bertz CT molecular complexity index is 287. The minimum atomic E-state index is -0.870. The van der Waals surface area contributed by atoms with Gasteiger partial charge >= 0.3 is 5.97 Å². The summed E-state index contributed by atoms with van der Waals surface area (Å²) in [4.78, 5) is 9.83. The Labute approximate surface area is 93.2 Å². The average molecular weight is 308 g/mol. The molecule has 0 fully saturated rings. The highest BCUT2D eigenvalue weighted by Gasteiger charge is 2.23. The minimum Gasteiger partial charge on any atom is -0.480 e. The number of carbonyl (C=O) groups is 1. The molecule has 4 heteroatoms. The van der Waals surface area contributed by atoms with E-state index in [4.69, 9.17) is 5.11 Å². The molecule has 0 aliphatic heterocycles. The van der Waals surface area contributed by atoms with E-state index in [9.17, 15) is 4.79 Å². The number of benzene rings is 1. The quantitative estimate of drug-likeness (QED) is 0.872. The molecule has 1 aromatic rings. The summed E-state index contributed by atoms with van der Waals surface area (Å²) < 4.78 is 0. The van der Waals surface area contributed by atoms with Crippen molar-refractivity contribution in [3.8, 4) is 0 Å². The van der Waals surface area contributed by atoms with Gasteiger partial charge in [-0.15, -0.1) is 0 Å². The SMILES string of the molecule is O=C(O)[C@@H](Br)[C@@H](Br)c1ccccc1. The first-order valence-corrected chi connectivity index (χ1v) is 5.52. The highest BCUT2D eigenvalue weighted by Crippen LogP contribution is 2.30. The number of hydrogen-bond acceptors (Lipinski definition) is 1. The van der Waals surface area contributed by atoms with Crippen molar-refractivity contribution in [3.63, 3.8) is 0 Å². The Hall–Kier alpha value is -0.350. The Morgan fingerprint density at radius 1 is 1.23 bits per heavy atom. The van der Waals surface area contributed by atoms with Crippen LogP contribution in [-0.4, -0.2) is 15.9 Å². The lowest BCUT2D eigenvalue weighted by Crippen LogP contribution is -2.17. The van der Waals surface area contributed by atoms with Crippen LogP contribution in [0.4, 0.5) is 0 Å². The van der Waals surface area contributed by atoms with Crippen LogP contribution in [0, 0.1) is 0 Å². The van der Waals surface area contributed by atoms with Gasteiger partial charge in [0.15, 0.2) is 0 Å². The van der Waals surface area contributed by atoms with Crippen molar-refractivity contribution < 1.29 is 9.90 Å². The second-order valence-corrected chi connectivity index (χ2v) is 4.53. The third-order valence-corrected chi connectivity index (χ3v) is 4.30. The Balaban J connectivity index is 2.79. The Morgan fingerprint density at radius 3 is 2.23 bits per heavy atom. The number of hydrogen-bond donors (Lipinski definition) is 1. The fourth-order valence-electron chi connectivity index (χ4n) is 0.931. The molecule has 0 aromatic heterocycles. The zero-order valence-corrected chi connectivity index (χ0v) is 9.82. The van der Waals surface area contributed by atoms with Gasteiger partial charge in [0.2, 0.25) is 0 Å². The molecule has 0 saturated carbocycles. The van der Waals surface area contributed by atoms with Crippen molar-refractivity contribution in [2.45, 2.75) is 9.65 Å². The summed E-state index contributed by atoms with van der Waals surface area (Å²) in [6.07, 6.45) is 0. The summed E-state index contributed by atoms with van der Waals surface area (Å²) in [5.74, 6) is -0.870. The molecular weight excluding hydrogens is 300 g/mol. The van der Waals surface area contributed by atoms with Gasteiger partial charge in [-0.2, -0.15) is 0 Å². The smallest absolute Gasteiger partial charge is 0.318 e. The molecule has 1 N–H and O–H groups in total. The summed E-state index contributed by atoms with van der Waals surface area (Å²) in [6.45, 7) is 0. The van der Waals surface area contributed by atoms with E-state index in [-0.39, 0.29) is 4.83 Å². The third kappa shape index (κ3) is 2.81. The molecule has 0 aliphatic rings. The molecule has 70 valence electrons. The van der Waals surface area contributed by atoms with Crippen LogP contribution in [0.3, 0.4) is 0 Å². The Morgan fingerprint density at radius 2 is 1.77 bits per heavy atom. The van der Waals surface area contributed by atoms with Crippen LogP contribution >= 0.6 is 31.9 Å². The molecule has 2 nitrogen and oxygen atoms in total. The van der Waals surface area contributed by atoms with Crippen LogP contribution in [0.5, 0.6) is 0 Å². The first-order chi connectivity index (χ1) is 6.13. The molecule has 0 heterocycles. The number of carboxylic acids is 1. The van der Waals surface area contributed by atoms with Gasteiger partial charge in [-0.25, -0.2) is 0 Å². The summed E-state index contributed by atoms with van der Waals surface area (Å²) in [6, 6.07) is 9.43. The first-order valence-electron chi connectivity index (χ1n) is 3.69.